The van der Waals surface area contributed by atoms with Crippen molar-refractivity contribution in [2.75, 3.05) is 7.05 Å². The molecule has 0 spiro atoms. The Balaban J connectivity index is 2.22. The van der Waals surface area contributed by atoms with Gasteiger partial charge in [-0.1, -0.05) is 48.0 Å². The van der Waals surface area contributed by atoms with Crippen molar-refractivity contribution in [1.82, 2.24) is 5.32 Å². The Labute approximate surface area is 123 Å². The van der Waals surface area contributed by atoms with Gasteiger partial charge in [-0.15, -0.1) is 0 Å². The van der Waals surface area contributed by atoms with E-state index in [4.69, 9.17) is 0 Å². The number of likely N-dealkylation sites (N-methyl/N-ethyl adjacent to an activating group) is 1. The van der Waals surface area contributed by atoms with E-state index in [9.17, 15) is 8.78 Å². The summed E-state index contributed by atoms with van der Waals surface area (Å²) in [6.45, 7) is -0.784. The molecule has 2 aromatic rings. The Morgan fingerprint density at radius 2 is 1.71 bits per heavy atom. The van der Waals surface area contributed by atoms with Crippen molar-refractivity contribution in [3.63, 3.8) is 0 Å². The van der Waals surface area contributed by atoms with Crippen LogP contribution in [0.5, 0.6) is 5.75 Å². The lowest BCUT2D eigenvalue weighted by Gasteiger charge is -2.20. The second-order valence-electron chi connectivity index (χ2n) is 4.95. The Hall–Kier alpha value is -1.94. The zero-order valence-corrected chi connectivity index (χ0v) is 12.1. The van der Waals surface area contributed by atoms with Gasteiger partial charge in [-0.3, -0.25) is 0 Å². The Morgan fingerprint density at radius 3 is 2.33 bits per heavy atom. The molecule has 0 saturated heterocycles. The molecular weight excluding hydrogens is 272 g/mol. The van der Waals surface area contributed by atoms with Crippen LogP contribution < -0.4 is 10.1 Å². The van der Waals surface area contributed by atoms with Crippen LogP contribution in [-0.2, 0) is 6.42 Å². The number of nitrogens with one attached hydrogen (secondary N) is 1. The average molecular weight is 291 g/mol. The first kappa shape index (κ1) is 15.4. The number of hydrogen-bond acceptors (Lipinski definition) is 2. The number of para-hydroxylation sites is 1. The van der Waals surface area contributed by atoms with Gasteiger partial charge < -0.3 is 10.1 Å². The molecule has 0 heterocycles. The molecule has 1 unspecified atom stereocenters. The van der Waals surface area contributed by atoms with Crippen LogP contribution in [0.15, 0.2) is 48.5 Å². The molecular formula is C17H19F2NO. The number of aryl methyl sites for hydroxylation is 1. The summed E-state index contributed by atoms with van der Waals surface area (Å²) in [5.74, 6) is 0.221. The second-order valence-corrected chi connectivity index (χ2v) is 4.95. The minimum absolute atomic E-state index is 0.0809. The van der Waals surface area contributed by atoms with Crippen molar-refractivity contribution in [1.29, 1.82) is 0 Å². The molecule has 0 saturated carbocycles. The molecule has 1 N–H and O–H groups in total. The summed E-state index contributed by atoms with van der Waals surface area (Å²) < 4.78 is 29.6. The van der Waals surface area contributed by atoms with Crippen LogP contribution in [0.2, 0.25) is 0 Å². The van der Waals surface area contributed by atoms with Gasteiger partial charge in [-0.2, -0.15) is 8.78 Å². The molecule has 2 rings (SSSR count). The standard InChI is InChI=1S/C17H19F2NO/c1-12-7-9-13(10-8-12)11-15(20-2)14-5-3-4-6-16(14)21-17(18)19/h3-10,15,17,20H,11H2,1-2H3. The topological polar surface area (TPSA) is 21.3 Å². The van der Waals surface area contributed by atoms with E-state index >= 15 is 0 Å². The van der Waals surface area contributed by atoms with Gasteiger partial charge in [-0.25, -0.2) is 0 Å². The second kappa shape index (κ2) is 7.18. The van der Waals surface area contributed by atoms with Crippen LogP contribution >= 0.6 is 0 Å². The van der Waals surface area contributed by atoms with Gasteiger partial charge in [0.15, 0.2) is 0 Å². The van der Waals surface area contributed by atoms with Crippen molar-refractivity contribution in [3.05, 3.63) is 65.2 Å². The lowest BCUT2D eigenvalue weighted by Crippen LogP contribution is -2.20. The molecule has 2 nitrogen and oxygen atoms in total. The van der Waals surface area contributed by atoms with Gasteiger partial charge in [0.2, 0.25) is 0 Å². The Kier molecular flexibility index (Phi) is 5.28. The van der Waals surface area contributed by atoms with E-state index in [1.54, 1.807) is 12.1 Å². The summed E-state index contributed by atoms with van der Waals surface area (Å²) in [5.41, 5.74) is 3.08. The lowest BCUT2D eigenvalue weighted by molar-refractivity contribution is -0.0507. The summed E-state index contributed by atoms with van der Waals surface area (Å²) in [6, 6.07) is 15.0. The van der Waals surface area contributed by atoms with Crippen molar-refractivity contribution >= 4 is 0 Å². The van der Waals surface area contributed by atoms with E-state index in [0.29, 0.717) is 6.42 Å². The molecule has 112 valence electrons. The summed E-state index contributed by atoms with van der Waals surface area (Å²) in [7, 11) is 1.82. The highest BCUT2D eigenvalue weighted by Gasteiger charge is 2.17. The smallest absolute Gasteiger partial charge is 0.387 e. The van der Waals surface area contributed by atoms with Crippen molar-refractivity contribution in [2.45, 2.75) is 26.0 Å². The largest absolute Gasteiger partial charge is 0.434 e. The van der Waals surface area contributed by atoms with Crippen molar-refractivity contribution in [3.8, 4) is 5.75 Å². The van der Waals surface area contributed by atoms with E-state index in [1.165, 1.54) is 5.56 Å². The van der Waals surface area contributed by atoms with Crippen LogP contribution in [0.4, 0.5) is 8.78 Å². The lowest BCUT2D eigenvalue weighted by atomic mass is 9.97. The number of rotatable bonds is 6. The maximum atomic E-state index is 12.5. The quantitative estimate of drug-likeness (QED) is 0.865. The van der Waals surface area contributed by atoms with Crippen molar-refractivity contribution in [2.24, 2.45) is 0 Å². The van der Waals surface area contributed by atoms with Gasteiger partial charge in [0.05, 0.1) is 0 Å². The van der Waals surface area contributed by atoms with Crippen LogP contribution in [0, 0.1) is 6.92 Å². The minimum Gasteiger partial charge on any atom is -0.434 e. The molecule has 0 aliphatic carbocycles. The monoisotopic (exact) mass is 291 g/mol. The Morgan fingerprint density at radius 1 is 1.05 bits per heavy atom. The fraction of sp³-hybridized carbons (Fsp3) is 0.294. The zero-order chi connectivity index (χ0) is 15.2. The molecule has 0 fully saturated rings. The third-order valence-corrected chi connectivity index (χ3v) is 3.42. The zero-order valence-electron chi connectivity index (χ0n) is 12.1. The summed E-state index contributed by atoms with van der Waals surface area (Å²) in [4.78, 5) is 0. The fourth-order valence-electron chi connectivity index (χ4n) is 2.30. The minimum atomic E-state index is -2.82. The van der Waals surface area contributed by atoms with E-state index in [2.05, 4.69) is 22.2 Å². The van der Waals surface area contributed by atoms with Gasteiger partial charge in [0.1, 0.15) is 5.75 Å². The molecule has 4 heteroatoms. The predicted molar refractivity (Wildman–Crippen MR) is 79.8 cm³/mol. The van der Waals surface area contributed by atoms with Crippen LogP contribution in [-0.4, -0.2) is 13.7 Å². The highest BCUT2D eigenvalue weighted by molar-refractivity contribution is 5.37. The number of alkyl halides is 2. The summed E-state index contributed by atoms with van der Waals surface area (Å²) in [5, 5.41) is 3.17. The maximum Gasteiger partial charge on any atom is 0.387 e. The third-order valence-electron chi connectivity index (χ3n) is 3.42. The number of hydrogen-bond donors (Lipinski definition) is 1. The predicted octanol–water partition coefficient (Wildman–Crippen LogP) is 4.10. The highest BCUT2D eigenvalue weighted by atomic mass is 19.3. The molecule has 21 heavy (non-hydrogen) atoms. The Bertz CT molecular complexity index is 569. The molecule has 0 amide bonds. The summed E-state index contributed by atoms with van der Waals surface area (Å²) >= 11 is 0. The van der Waals surface area contributed by atoms with Crippen LogP contribution in [0.25, 0.3) is 0 Å². The number of halogens is 2. The molecule has 0 aliphatic heterocycles. The average Bonchev–Trinajstić information content (AvgIpc) is 2.47. The molecule has 2 aromatic carbocycles. The fourth-order valence-corrected chi connectivity index (χ4v) is 2.30. The van der Waals surface area contributed by atoms with Gasteiger partial charge in [-0.05, 0) is 32.0 Å². The normalized spacial score (nSPS) is 12.4. The molecule has 0 aromatic heterocycles. The van der Waals surface area contributed by atoms with Crippen LogP contribution in [0.3, 0.4) is 0 Å². The highest BCUT2D eigenvalue weighted by Crippen LogP contribution is 2.28. The molecule has 1 atom stereocenters. The first-order valence-corrected chi connectivity index (χ1v) is 6.86. The van der Waals surface area contributed by atoms with Gasteiger partial charge in [0.25, 0.3) is 0 Å². The number of benzene rings is 2. The molecule has 0 aliphatic rings. The third kappa shape index (κ3) is 4.26. The number of ether oxygens (including phenoxy) is 1. The SMILES string of the molecule is CNC(Cc1ccc(C)cc1)c1ccccc1OC(F)F. The van der Waals surface area contributed by atoms with Gasteiger partial charge >= 0.3 is 6.61 Å². The van der Waals surface area contributed by atoms with E-state index in [-0.39, 0.29) is 11.8 Å². The van der Waals surface area contributed by atoms with Crippen LogP contribution in [0.1, 0.15) is 22.7 Å². The molecule has 0 bridgehead atoms. The van der Waals surface area contributed by atoms with Gasteiger partial charge in [0, 0.05) is 11.6 Å². The van der Waals surface area contributed by atoms with E-state index < -0.39 is 6.61 Å². The summed E-state index contributed by atoms with van der Waals surface area (Å²) in [6.07, 6.45) is 0.709. The molecule has 0 radical (unpaired) electrons. The maximum absolute atomic E-state index is 12.5. The van der Waals surface area contributed by atoms with Crippen molar-refractivity contribution < 1.29 is 13.5 Å². The first-order chi connectivity index (χ1) is 10.1. The first-order valence-electron chi connectivity index (χ1n) is 6.86. The van der Waals surface area contributed by atoms with E-state index in [1.807, 2.05) is 38.2 Å². The van der Waals surface area contributed by atoms with E-state index in [0.717, 1.165) is 11.1 Å².